The number of nitrogens with zero attached hydrogens (tertiary/aromatic N) is 4. The molecule has 3 aromatic rings. The molecule has 2 fully saturated rings. The number of hydrogen-bond donors (Lipinski definition) is 2. The molecule has 2 saturated heterocycles. The van der Waals surface area contributed by atoms with E-state index in [9.17, 15) is 14.4 Å². The maximum atomic E-state index is 12.8. The lowest BCUT2D eigenvalue weighted by molar-refractivity contribution is -0.117. The summed E-state index contributed by atoms with van der Waals surface area (Å²) in [5, 5.41) is 7.42. The van der Waals surface area contributed by atoms with Gasteiger partial charge in [0.1, 0.15) is 5.60 Å². The van der Waals surface area contributed by atoms with Crippen LogP contribution >= 0.6 is 23.4 Å². The molecule has 2 N–H and O–H groups in total. The summed E-state index contributed by atoms with van der Waals surface area (Å²) in [7, 11) is 0. The van der Waals surface area contributed by atoms with Crippen LogP contribution < -0.4 is 10.6 Å². The highest BCUT2D eigenvalue weighted by atomic mass is 35.5. The number of anilines is 1. The summed E-state index contributed by atoms with van der Waals surface area (Å²) >= 11 is 7.61. The Balaban J connectivity index is 1.18. The van der Waals surface area contributed by atoms with Gasteiger partial charge in [-0.2, -0.15) is 0 Å². The Hall–Kier alpha value is -3.93. The number of thioether (sulfide) groups is 1. The van der Waals surface area contributed by atoms with Gasteiger partial charge in [-0.3, -0.25) is 19.5 Å². The zero-order valence-electron chi connectivity index (χ0n) is 23.5. The molecule has 5 rings (SSSR count). The number of aliphatic imine (C=N–C) groups is 1. The number of carbonyl (C=O) groups excluding carboxylic acids is 3. The number of amidine groups is 1. The van der Waals surface area contributed by atoms with Gasteiger partial charge in [-0.15, -0.1) is 0 Å². The van der Waals surface area contributed by atoms with Gasteiger partial charge in [-0.25, -0.2) is 9.79 Å². The van der Waals surface area contributed by atoms with Gasteiger partial charge < -0.3 is 20.3 Å². The van der Waals surface area contributed by atoms with Crippen molar-refractivity contribution >= 4 is 74.8 Å². The number of fused-ring (bicyclic) bond motifs is 1. The third kappa shape index (κ3) is 7.67. The second-order valence-corrected chi connectivity index (χ2v) is 12.3. The Morgan fingerprint density at radius 1 is 1.14 bits per heavy atom. The van der Waals surface area contributed by atoms with Crippen molar-refractivity contribution in [3.63, 3.8) is 0 Å². The lowest BCUT2D eigenvalue weighted by Gasteiger charge is -2.35. The van der Waals surface area contributed by atoms with Crippen LogP contribution in [0.5, 0.6) is 0 Å². The average molecular weight is 607 g/mol. The van der Waals surface area contributed by atoms with Crippen LogP contribution in [-0.2, 0) is 14.3 Å². The average Bonchev–Trinajstić information content (AvgIpc) is 3.28. The van der Waals surface area contributed by atoms with Gasteiger partial charge in [0.25, 0.3) is 5.91 Å². The Morgan fingerprint density at radius 3 is 2.69 bits per heavy atom. The Kier molecular flexibility index (Phi) is 8.81. The molecule has 2 aromatic carbocycles. The van der Waals surface area contributed by atoms with E-state index in [-0.39, 0.29) is 24.5 Å². The molecule has 3 heterocycles. The first-order valence-corrected chi connectivity index (χ1v) is 14.7. The Labute approximate surface area is 253 Å². The summed E-state index contributed by atoms with van der Waals surface area (Å²) in [4.78, 5) is 50.7. The lowest BCUT2D eigenvalue weighted by Crippen LogP contribution is -2.51. The molecule has 3 amide bonds. The number of nitrogens with one attached hydrogen (secondary N) is 2. The highest BCUT2D eigenvalue weighted by Crippen LogP contribution is 2.33. The molecule has 10 nitrogen and oxygen atoms in total. The monoisotopic (exact) mass is 606 g/mol. The quantitative estimate of drug-likeness (QED) is 0.380. The number of pyridine rings is 1. The van der Waals surface area contributed by atoms with Crippen LogP contribution in [0, 0.1) is 0 Å². The van der Waals surface area contributed by atoms with Crippen molar-refractivity contribution in [1.82, 2.24) is 20.1 Å². The van der Waals surface area contributed by atoms with E-state index >= 15 is 0 Å². The van der Waals surface area contributed by atoms with Gasteiger partial charge in [-0.05, 0) is 80.6 Å². The van der Waals surface area contributed by atoms with Crippen molar-refractivity contribution in [1.29, 1.82) is 0 Å². The molecular weight excluding hydrogens is 576 g/mol. The number of rotatable bonds is 5. The number of piperazine rings is 1. The van der Waals surface area contributed by atoms with Gasteiger partial charge in [0.15, 0.2) is 5.17 Å². The van der Waals surface area contributed by atoms with E-state index in [1.807, 2.05) is 56.0 Å². The minimum absolute atomic E-state index is 0.180. The largest absolute Gasteiger partial charge is 0.444 e. The van der Waals surface area contributed by atoms with Crippen molar-refractivity contribution in [2.24, 2.45) is 4.99 Å². The fraction of sp³-hybridized carbons (Fsp3) is 0.300. The molecule has 0 atom stereocenters. The molecule has 2 aliphatic rings. The van der Waals surface area contributed by atoms with E-state index in [1.165, 1.54) is 11.8 Å². The van der Waals surface area contributed by atoms with Crippen molar-refractivity contribution in [3.05, 3.63) is 70.2 Å². The van der Waals surface area contributed by atoms with E-state index in [2.05, 4.69) is 20.6 Å². The fourth-order valence-electron chi connectivity index (χ4n) is 4.42. The van der Waals surface area contributed by atoms with Crippen molar-refractivity contribution in [2.45, 2.75) is 26.4 Å². The number of halogens is 1. The van der Waals surface area contributed by atoms with E-state index in [0.717, 1.165) is 16.5 Å². The number of amides is 3. The SMILES string of the molecule is CC(C)(C)OC(=O)N1CCN(CC(=O)Nc2ccc(Cl)c(N=C3NC(=O)C(=Cc4ccc5ncccc5c4)S3)c2)CC1. The summed E-state index contributed by atoms with van der Waals surface area (Å²) < 4.78 is 5.43. The van der Waals surface area contributed by atoms with Crippen molar-refractivity contribution in [3.8, 4) is 0 Å². The van der Waals surface area contributed by atoms with E-state index < -0.39 is 5.60 Å². The number of ether oxygens (including phenoxy) is 1. The first-order chi connectivity index (χ1) is 20.0. The summed E-state index contributed by atoms with van der Waals surface area (Å²) in [6.45, 7) is 7.79. The maximum Gasteiger partial charge on any atom is 0.410 e. The summed E-state index contributed by atoms with van der Waals surface area (Å²) in [6, 6.07) is 14.7. The molecule has 0 unspecified atom stereocenters. The molecule has 1 aromatic heterocycles. The van der Waals surface area contributed by atoms with Crippen molar-refractivity contribution in [2.75, 3.05) is 38.0 Å². The smallest absolute Gasteiger partial charge is 0.410 e. The molecule has 0 radical (unpaired) electrons. The second kappa shape index (κ2) is 12.5. The highest BCUT2D eigenvalue weighted by molar-refractivity contribution is 8.18. The minimum atomic E-state index is -0.548. The van der Waals surface area contributed by atoms with Crippen LogP contribution in [0.3, 0.4) is 0 Å². The predicted octanol–water partition coefficient (Wildman–Crippen LogP) is 5.27. The topological polar surface area (TPSA) is 116 Å². The number of aromatic nitrogens is 1. The summed E-state index contributed by atoms with van der Waals surface area (Å²) in [5.41, 5.74) is 2.16. The van der Waals surface area contributed by atoms with Gasteiger partial charge in [-0.1, -0.05) is 23.7 Å². The van der Waals surface area contributed by atoms with Crippen LogP contribution in [-0.4, -0.2) is 76.2 Å². The maximum absolute atomic E-state index is 12.8. The number of benzene rings is 2. The molecule has 42 heavy (non-hydrogen) atoms. The van der Waals surface area contributed by atoms with Crippen LogP contribution in [0.4, 0.5) is 16.2 Å². The van der Waals surface area contributed by atoms with E-state index in [1.54, 1.807) is 35.4 Å². The Bertz CT molecular complexity index is 1590. The molecule has 0 spiro atoms. The fourth-order valence-corrected chi connectivity index (χ4v) is 5.41. The summed E-state index contributed by atoms with van der Waals surface area (Å²) in [6.07, 6.45) is 3.21. The number of hydrogen-bond acceptors (Lipinski definition) is 8. The second-order valence-electron chi connectivity index (χ2n) is 10.9. The van der Waals surface area contributed by atoms with Crippen LogP contribution in [0.15, 0.2) is 64.6 Å². The molecule has 0 saturated carbocycles. The van der Waals surface area contributed by atoms with E-state index in [0.29, 0.717) is 52.6 Å². The van der Waals surface area contributed by atoms with Crippen LogP contribution in [0.25, 0.3) is 17.0 Å². The van der Waals surface area contributed by atoms with Gasteiger partial charge >= 0.3 is 6.09 Å². The molecular formula is C30H31ClN6O4S. The van der Waals surface area contributed by atoms with Crippen molar-refractivity contribution < 1.29 is 19.1 Å². The molecule has 12 heteroatoms. The Morgan fingerprint density at radius 2 is 1.93 bits per heavy atom. The zero-order valence-corrected chi connectivity index (χ0v) is 25.1. The number of carbonyl (C=O) groups is 3. The normalized spacial score (nSPS) is 18.0. The van der Waals surface area contributed by atoms with Crippen LogP contribution in [0.2, 0.25) is 5.02 Å². The standard InChI is InChI=1S/C30H31ClN6O4S/c1-30(2,3)41-29(40)37-13-11-36(12-14-37)18-26(38)33-21-7-8-22(31)24(17-21)34-28-35-27(39)25(42-28)16-19-6-9-23-20(15-19)5-4-10-32-23/h4-10,15-17H,11-14,18H2,1-3H3,(H,33,38)(H,34,35,39). The third-order valence-electron chi connectivity index (χ3n) is 6.42. The molecule has 218 valence electrons. The third-order valence-corrected chi connectivity index (χ3v) is 7.65. The van der Waals surface area contributed by atoms with Gasteiger partial charge in [0.05, 0.1) is 27.7 Å². The summed E-state index contributed by atoms with van der Waals surface area (Å²) in [5.74, 6) is -0.446. The first kappa shape index (κ1) is 29.6. The predicted molar refractivity (Wildman–Crippen MR) is 167 cm³/mol. The zero-order chi connectivity index (χ0) is 29.9. The van der Waals surface area contributed by atoms with Crippen LogP contribution in [0.1, 0.15) is 26.3 Å². The molecule has 2 aliphatic heterocycles. The first-order valence-electron chi connectivity index (χ1n) is 13.5. The lowest BCUT2D eigenvalue weighted by atomic mass is 10.1. The van der Waals surface area contributed by atoms with Gasteiger partial charge in [0.2, 0.25) is 5.91 Å². The molecule has 0 bridgehead atoms. The van der Waals surface area contributed by atoms with Gasteiger partial charge in [0, 0.05) is 43.4 Å². The van der Waals surface area contributed by atoms with E-state index in [4.69, 9.17) is 16.3 Å². The highest BCUT2D eigenvalue weighted by Gasteiger charge is 2.27. The minimum Gasteiger partial charge on any atom is -0.444 e. The molecule has 0 aliphatic carbocycles.